The van der Waals surface area contributed by atoms with Gasteiger partial charge in [-0.05, 0) is 87.3 Å². The van der Waals surface area contributed by atoms with Crippen molar-refractivity contribution in [3.63, 3.8) is 0 Å². The predicted molar refractivity (Wildman–Crippen MR) is 163 cm³/mol. The van der Waals surface area contributed by atoms with E-state index in [0.29, 0.717) is 0 Å². The van der Waals surface area contributed by atoms with Gasteiger partial charge >= 0.3 is 0 Å². The zero-order valence-corrected chi connectivity index (χ0v) is 23.2. The van der Waals surface area contributed by atoms with Gasteiger partial charge in [-0.15, -0.1) is 0 Å². The van der Waals surface area contributed by atoms with Crippen LogP contribution < -0.4 is 4.90 Å². The lowest BCUT2D eigenvalue weighted by Crippen LogP contribution is -2.14. The summed E-state index contributed by atoms with van der Waals surface area (Å²) < 4.78 is 6.29. The van der Waals surface area contributed by atoms with E-state index >= 15 is 0 Å². The van der Waals surface area contributed by atoms with E-state index in [1.807, 2.05) is 0 Å². The Morgan fingerprint density at radius 3 is 1.47 bits per heavy atom. The summed E-state index contributed by atoms with van der Waals surface area (Å²) >= 11 is 0. The second-order valence-electron chi connectivity index (χ2n) is 12.4. The van der Waals surface area contributed by atoms with Gasteiger partial charge in [0, 0.05) is 27.8 Å². The molecule has 6 aromatic rings. The summed E-state index contributed by atoms with van der Waals surface area (Å²) in [5.41, 5.74) is 8.08. The van der Waals surface area contributed by atoms with Crippen LogP contribution in [0.2, 0.25) is 0 Å². The first-order valence-electron chi connectivity index (χ1n) is 13.4. The quantitative estimate of drug-likeness (QED) is 0.242. The normalized spacial score (nSPS) is 12.5. The number of hydrogen-bond donors (Lipinski definition) is 0. The van der Waals surface area contributed by atoms with Gasteiger partial charge < -0.3 is 9.32 Å². The summed E-state index contributed by atoms with van der Waals surface area (Å²) in [5, 5.41) is 4.69. The Morgan fingerprint density at radius 1 is 0.474 bits per heavy atom. The molecule has 0 aliphatic heterocycles. The third kappa shape index (κ3) is 4.35. The van der Waals surface area contributed by atoms with Crippen LogP contribution >= 0.6 is 0 Å². The third-order valence-corrected chi connectivity index (χ3v) is 7.56. The Labute approximate surface area is 225 Å². The topological polar surface area (TPSA) is 16.4 Å². The fraction of sp³-hybridized carbons (Fsp3) is 0.222. The van der Waals surface area contributed by atoms with E-state index in [1.54, 1.807) is 0 Å². The lowest BCUT2D eigenvalue weighted by atomic mass is 9.86. The molecule has 0 saturated carbocycles. The minimum absolute atomic E-state index is 0.106. The first-order chi connectivity index (χ1) is 18.1. The summed E-state index contributed by atoms with van der Waals surface area (Å²) in [6, 6.07) is 37.4. The Hall–Kier alpha value is -4.04. The summed E-state index contributed by atoms with van der Waals surface area (Å²) in [7, 11) is 0. The fourth-order valence-corrected chi connectivity index (χ4v) is 5.26. The molecule has 0 bridgehead atoms. The molecular formula is C36H35NO. The Bertz CT molecular complexity index is 1700. The molecule has 0 N–H and O–H groups in total. The van der Waals surface area contributed by atoms with Crippen molar-refractivity contribution in [1.29, 1.82) is 0 Å². The first-order valence-corrected chi connectivity index (χ1v) is 13.4. The second-order valence-corrected chi connectivity index (χ2v) is 12.4. The van der Waals surface area contributed by atoms with Crippen LogP contribution in [0, 0.1) is 0 Å². The van der Waals surface area contributed by atoms with Gasteiger partial charge in [-0.2, -0.15) is 0 Å². The van der Waals surface area contributed by atoms with Crippen molar-refractivity contribution in [2.24, 2.45) is 0 Å². The number of hydrogen-bond acceptors (Lipinski definition) is 2. The van der Waals surface area contributed by atoms with Crippen molar-refractivity contribution < 1.29 is 4.42 Å². The molecule has 5 aromatic carbocycles. The Balaban J connectivity index is 1.53. The number of anilines is 3. The molecule has 190 valence electrons. The van der Waals surface area contributed by atoms with Crippen LogP contribution in [0.1, 0.15) is 52.7 Å². The molecule has 0 radical (unpaired) electrons. The predicted octanol–water partition coefficient (Wildman–Crippen LogP) is 10.8. The maximum atomic E-state index is 6.29. The maximum Gasteiger partial charge on any atom is 0.136 e. The summed E-state index contributed by atoms with van der Waals surface area (Å²) in [5.74, 6) is 0. The number of furan rings is 1. The molecule has 0 amide bonds. The number of benzene rings is 5. The largest absolute Gasteiger partial charge is 0.456 e. The van der Waals surface area contributed by atoms with Gasteiger partial charge in [0.1, 0.15) is 11.2 Å². The molecule has 2 nitrogen and oxygen atoms in total. The molecule has 1 heterocycles. The molecule has 6 rings (SSSR count). The van der Waals surface area contributed by atoms with E-state index in [2.05, 4.69) is 150 Å². The molecular weight excluding hydrogens is 462 g/mol. The molecule has 0 unspecified atom stereocenters. The van der Waals surface area contributed by atoms with Gasteiger partial charge in [-0.3, -0.25) is 0 Å². The Kier molecular flexibility index (Phi) is 5.61. The highest BCUT2D eigenvalue weighted by atomic mass is 16.3. The van der Waals surface area contributed by atoms with Crippen LogP contribution in [-0.2, 0) is 10.8 Å². The van der Waals surface area contributed by atoms with Gasteiger partial charge in [0.25, 0.3) is 0 Å². The number of nitrogens with zero attached hydrogens (tertiary/aromatic N) is 1. The molecule has 0 saturated heterocycles. The summed E-state index contributed by atoms with van der Waals surface area (Å²) in [6.45, 7) is 13.5. The molecule has 2 heteroatoms. The molecule has 0 atom stereocenters. The van der Waals surface area contributed by atoms with Crippen LogP contribution in [0.5, 0.6) is 0 Å². The SMILES string of the molecule is CC(C)(C)c1ccc(N(c2ccc(C(C)(C)C)cc2)c2ccc3oc4cc5ccccc5cc4c3c2)cc1. The van der Waals surface area contributed by atoms with E-state index in [1.165, 1.54) is 21.9 Å². The molecule has 38 heavy (non-hydrogen) atoms. The van der Waals surface area contributed by atoms with Gasteiger partial charge in [0.05, 0.1) is 0 Å². The van der Waals surface area contributed by atoms with E-state index in [-0.39, 0.29) is 10.8 Å². The van der Waals surface area contributed by atoms with Crippen molar-refractivity contribution in [2.45, 2.75) is 52.4 Å². The van der Waals surface area contributed by atoms with Crippen LogP contribution in [0.15, 0.2) is 108 Å². The van der Waals surface area contributed by atoms with Crippen LogP contribution in [0.25, 0.3) is 32.7 Å². The molecule has 0 fully saturated rings. The highest BCUT2D eigenvalue weighted by Crippen LogP contribution is 2.40. The zero-order valence-electron chi connectivity index (χ0n) is 23.2. The molecule has 1 aromatic heterocycles. The minimum atomic E-state index is 0.106. The highest BCUT2D eigenvalue weighted by Gasteiger charge is 2.19. The van der Waals surface area contributed by atoms with Gasteiger partial charge in [0.15, 0.2) is 0 Å². The van der Waals surface area contributed by atoms with Crippen LogP contribution in [0.3, 0.4) is 0 Å². The summed E-state index contributed by atoms with van der Waals surface area (Å²) in [6.07, 6.45) is 0. The average Bonchev–Trinajstić information content (AvgIpc) is 3.24. The molecule has 0 aliphatic rings. The fourth-order valence-electron chi connectivity index (χ4n) is 5.26. The van der Waals surface area contributed by atoms with Crippen molar-refractivity contribution in [3.8, 4) is 0 Å². The molecule has 0 spiro atoms. The van der Waals surface area contributed by atoms with Crippen LogP contribution in [-0.4, -0.2) is 0 Å². The van der Waals surface area contributed by atoms with Crippen molar-refractivity contribution in [2.75, 3.05) is 4.90 Å². The minimum Gasteiger partial charge on any atom is -0.456 e. The average molecular weight is 498 g/mol. The van der Waals surface area contributed by atoms with E-state index in [9.17, 15) is 0 Å². The van der Waals surface area contributed by atoms with Gasteiger partial charge in [0.2, 0.25) is 0 Å². The van der Waals surface area contributed by atoms with Crippen LogP contribution in [0.4, 0.5) is 17.1 Å². The monoisotopic (exact) mass is 497 g/mol. The van der Waals surface area contributed by atoms with Gasteiger partial charge in [-0.25, -0.2) is 0 Å². The lowest BCUT2D eigenvalue weighted by Gasteiger charge is -2.28. The van der Waals surface area contributed by atoms with E-state index in [4.69, 9.17) is 4.42 Å². The van der Waals surface area contributed by atoms with Crippen molar-refractivity contribution >= 4 is 49.8 Å². The number of rotatable bonds is 3. The lowest BCUT2D eigenvalue weighted by molar-refractivity contribution is 0.590. The standard InChI is InChI=1S/C36H35NO/c1-35(2,3)26-11-15-28(16-12-26)37(29-17-13-27(14-18-29)36(4,5)6)30-19-20-33-32(23-30)31-21-24-9-7-8-10-25(24)22-34(31)38-33/h7-23H,1-6H3. The zero-order chi connectivity index (χ0) is 26.7. The Morgan fingerprint density at radius 2 is 0.947 bits per heavy atom. The van der Waals surface area contributed by atoms with E-state index in [0.717, 1.165) is 39.0 Å². The second kappa shape index (κ2) is 8.77. The number of fused-ring (bicyclic) bond motifs is 4. The first kappa shape index (κ1) is 24.3. The van der Waals surface area contributed by atoms with E-state index < -0.39 is 0 Å². The van der Waals surface area contributed by atoms with Crippen molar-refractivity contribution in [1.82, 2.24) is 0 Å². The smallest absolute Gasteiger partial charge is 0.136 e. The third-order valence-electron chi connectivity index (χ3n) is 7.56. The maximum absolute atomic E-state index is 6.29. The molecule has 0 aliphatic carbocycles. The highest BCUT2D eigenvalue weighted by molar-refractivity contribution is 6.11. The van der Waals surface area contributed by atoms with Crippen molar-refractivity contribution in [3.05, 3.63) is 114 Å². The summed E-state index contributed by atoms with van der Waals surface area (Å²) in [4.78, 5) is 2.35. The van der Waals surface area contributed by atoms with Gasteiger partial charge in [-0.1, -0.05) is 90.1 Å².